The van der Waals surface area contributed by atoms with Crippen molar-refractivity contribution < 1.29 is 4.74 Å². The third-order valence-corrected chi connectivity index (χ3v) is 3.23. The van der Waals surface area contributed by atoms with Crippen LogP contribution in [0.15, 0.2) is 54.6 Å². The molecule has 3 aromatic rings. The van der Waals surface area contributed by atoms with Crippen molar-refractivity contribution in [3.63, 3.8) is 0 Å². The highest BCUT2D eigenvalue weighted by Crippen LogP contribution is 2.33. The van der Waals surface area contributed by atoms with Crippen molar-refractivity contribution in [2.45, 2.75) is 6.92 Å². The van der Waals surface area contributed by atoms with E-state index in [-0.39, 0.29) is 0 Å². The topological polar surface area (TPSA) is 48.1 Å². The number of anilines is 1. The maximum Gasteiger partial charge on any atom is 0.127 e. The minimum Gasteiger partial charge on any atom is -0.493 e. The lowest BCUT2D eigenvalue weighted by molar-refractivity contribution is 0.344. The van der Waals surface area contributed by atoms with Crippen molar-refractivity contribution in [2.75, 3.05) is 12.3 Å². The van der Waals surface area contributed by atoms with E-state index >= 15 is 0 Å². The molecule has 0 radical (unpaired) electrons. The van der Waals surface area contributed by atoms with Crippen LogP contribution in [0, 0.1) is 0 Å². The van der Waals surface area contributed by atoms with Crippen molar-refractivity contribution in [1.82, 2.24) is 4.98 Å². The van der Waals surface area contributed by atoms with Crippen LogP contribution in [0.5, 0.6) is 5.75 Å². The van der Waals surface area contributed by atoms with Gasteiger partial charge in [0.25, 0.3) is 0 Å². The van der Waals surface area contributed by atoms with Crippen LogP contribution in [0.2, 0.25) is 0 Å². The van der Waals surface area contributed by atoms with E-state index in [1.807, 2.05) is 43.3 Å². The van der Waals surface area contributed by atoms with Crippen LogP contribution in [-0.2, 0) is 0 Å². The Kier molecular flexibility index (Phi) is 3.25. The van der Waals surface area contributed by atoms with Gasteiger partial charge in [-0.15, -0.1) is 0 Å². The molecule has 0 atom stereocenters. The molecule has 0 aliphatic rings. The molecule has 1 aromatic heterocycles. The second-order valence-electron chi connectivity index (χ2n) is 4.54. The van der Waals surface area contributed by atoms with Gasteiger partial charge in [-0.1, -0.05) is 30.3 Å². The van der Waals surface area contributed by atoms with Gasteiger partial charge in [0.15, 0.2) is 0 Å². The first-order chi connectivity index (χ1) is 9.79. The molecule has 0 aliphatic heterocycles. The Morgan fingerprint density at radius 2 is 1.75 bits per heavy atom. The molecule has 2 aromatic carbocycles. The highest BCUT2D eigenvalue weighted by Gasteiger charge is 2.09. The number of nitrogens with zero attached hydrogens (tertiary/aromatic N) is 1. The molecular formula is C17H16N2O. The lowest BCUT2D eigenvalue weighted by Crippen LogP contribution is -1.95. The van der Waals surface area contributed by atoms with E-state index in [0.29, 0.717) is 12.4 Å². The normalized spacial score (nSPS) is 10.7. The second kappa shape index (κ2) is 5.21. The average molecular weight is 264 g/mol. The zero-order valence-corrected chi connectivity index (χ0v) is 11.3. The summed E-state index contributed by atoms with van der Waals surface area (Å²) in [6.45, 7) is 2.64. The molecule has 0 unspecified atom stereocenters. The summed E-state index contributed by atoms with van der Waals surface area (Å²) in [7, 11) is 0. The summed E-state index contributed by atoms with van der Waals surface area (Å²) in [5.41, 5.74) is 7.73. The Morgan fingerprint density at radius 3 is 2.50 bits per heavy atom. The molecule has 3 nitrogen and oxygen atoms in total. The van der Waals surface area contributed by atoms with Gasteiger partial charge in [0.2, 0.25) is 0 Å². The third kappa shape index (κ3) is 2.18. The minimum absolute atomic E-state index is 0.528. The largest absolute Gasteiger partial charge is 0.493 e. The van der Waals surface area contributed by atoms with E-state index < -0.39 is 0 Å². The Labute approximate surface area is 118 Å². The third-order valence-electron chi connectivity index (χ3n) is 3.23. The van der Waals surface area contributed by atoms with Gasteiger partial charge in [-0.3, -0.25) is 0 Å². The first kappa shape index (κ1) is 12.5. The van der Waals surface area contributed by atoms with Crippen LogP contribution < -0.4 is 10.5 Å². The molecule has 1 heterocycles. The highest BCUT2D eigenvalue weighted by atomic mass is 16.5. The van der Waals surface area contributed by atoms with Crippen molar-refractivity contribution >= 4 is 16.6 Å². The minimum atomic E-state index is 0.528. The summed E-state index contributed by atoms with van der Waals surface area (Å²) >= 11 is 0. The van der Waals surface area contributed by atoms with Crippen LogP contribution in [0.4, 0.5) is 5.82 Å². The predicted octanol–water partition coefficient (Wildman–Crippen LogP) is 3.88. The van der Waals surface area contributed by atoms with Gasteiger partial charge >= 0.3 is 0 Å². The lowest BCUT2D eigenvalue weighted by Gasteiger charge is -2.11. The van der Waals surface area contributed by atoms with Gasteiger partial charge < -0.3 is 10.5 Å². The molecule has 100 valence electrons. The fourth-order valence-electron chi connectivity index (χ4n) is 2.38. The van der Waals surface area contributed by atoms with E-state index in [2.05, 4.69) is 17.1 Å². The van der Waals surface area contributed by atoms with Gasteiger partial charge in [0.1, 0.15) is 11.6 Å². The van der Waals surface area contributed by atoms with Crippen LogP contribution >= 0.6 is 0 Å². The summed E-state index contributed by atoms with van der Waals surface area (Å²) in [6, 6.07) is 17.9. The number of rotatable bonds is 3. The zero-order chi connectivity index (χ0) is 13.9. The molecule has 0 aliphatic carbocycles. The summed E-state index contributed by atoms with van der Waals surface area (Å²) in [6.07, 6.45) is 0. The fourth-order valence-corrected chi connectivity index (χ4v) is 2.38. The number of hydrogen-bond acceptors (Lipinski definition) is 3. The molecule has 0 saturated heterocycles. The number of fused-ring (bicyclic) bond motifs is 1. The zero-order valence-electron chi connectivity index (χ0n) is 11.3. The Balaban J connectivity index is 2.25. The molecular weight excluding hydrogens is 248 g/mol. The van der Waals surface area contributed by atoms with Crippen LogP contribution in [-0.4, -0.2) is 11.6 Å². The Hall–Kier alpha value is -2.55. The van der Waals surface area contributed by atoms with E-state index in [1.54, 1.807) is 6.07 Å². The molecule has 20 heavy (non-hydrogen) atoms. The summed E-state index contributed by atoms with van der Waals surface area (Å²) in [4.78, 5) is 4.41. The van der Waals surface area contributed by atoms with Crippen molar-refractivity contribution in [2.24, 2.45) is 0 Å². The molecule has 0 amide bonds. The van der Waals surface area contributed by atoms with Gasteiger partial charge in [-0.05, 0) is 36.6 Å². The maximum atomic E-state index is 5.78. The number of ether oxygens (including phenoxy) is 1. The fraction of sp³-hybridized carbons (Fsp3) is 0.118. The SMILES string of the molecule is CCOc1ccc(-c2cccc(N)n2)c2ccccc12. The van der Waals surface area contributed by atoms with Crippen molar-refractivity contribution in [3.8, 4) is 17.0 Å². The number of hydrogen-bond donors (Lipinski definition) is 1. The van der Waals surface area contributed by atoms with Gasteiger partial charge in [0, 0.05) is 10.9 Å². The molecule has 0 bridgehead atoms. The van der Waals surface area contributed by atoms with Crippen molar-refractivity contribution in [1.29, 1.82) is 0 Å². The van der Waals surface area contributed by atoms with E-state index in [0.717, 1.165) is 27.8 Å². The first-order valence-electron chi connectivity index (χ1n) is 6.67. The summed E-state index contributed by atoms with van der Waals surface area (Å²) in [5, 5.41) is 2.22. The molecule has 2 N–H and O–H groups in total. The standard InChI is InChI=1S/C17H16N2O/c1-2-20-16-11-10-13(12-6-3-4-7-14(12)16)15-8-5-9-17(18)19-15/h3-11H,2H2,1H3,(H2,18,19). The predicted molar refractivity (Wildman–Crippen MR) is 82.8 cm³/mol. The summed E-state index contributed by atoms with van der Waals surface area (Å²) < 4.78 is 5.69. The van der Waals surface area contributed by atoms with Gasteiger partial charge in [-0.25, -0.2) is 4.98 Å². The Morgan fingerprint density at radius 1 is 0.950 bits per heavy atom. The molecule has 0 fully saturated rings. The second-order valence-corrected chi connectivity index (χ2v) is 4.54. The van der Waals surface area contributed by atoms with Gasteiger partial charge in [-0.2, -0.15) is 0 Å². The maximum absolute atomic E-state index is 5.78. The average Bonchev–Trinajstić information content (AvgIpc) is 2.48. The molecule has 0 spiro atoms. The number of aromatic nitrogens is 1. The number of benzene rings is 2. The molecule has 0 saturated carbocycles. The Bertz CT molecular complexity index is 753. The lowest BCUT2D eigenvalue weighted by atomic mass is 10.0. The first-order valence-corrected chi connectivity index (χ1v) is 6.67. The van der Waals surface area contributed by atoms with Gasteiger partial charge in [0.05, 0.1) is 12.3 Å². The number of pyridine rings is 1. The van der Waals surface area contributed by atoms with Crippen LogP contribution in [0.3, 0.4) is 0 Å². The smallest absolute Gasteiger partial charge is 0.127 e. The van der Waals surface area contributed by atoms with E-state index in [4.69, 9.17) is 10.5 Å². The molecule has 3 heteroatoms. The molecule has 3 rings (SSSR count). The highest BCUT2D eigenvalue weighted by molar-refractivity contribution is 5.99. The van der Waals surface area contributed by atoms with Crippen LogP contribution in [0.25, 0.3) is 22.0 Å². The van der Waals surface area contributed by atoms with Crippen molar-refractivity contribution in [3.05, 3.63) is 54.6 Å². The van der Waals surface area contributed by atoms with Crippen LogP contribution in [0.1, 0.15) is 6.92 Å². The quantitative estimate of drug-likeness (QED) is 0.781. The van der Waals surface area contributed by atoms with E-state index in [9.17, 15) is 0 Å². The monoisotopic (exact) mass is 264 g/mol. The number of nitrogen functional groups attached to an aromatic ring is 1. The number of nitrogens with two attached hydrogens (primary N) is 1. The van der Waals surface area contributed by atoms with E-state index in [1.165, 1.54) is 0 Å². The summed E-state index contributed by atoms with van der Waals surface area (Å²) in [5.74, 6) is 1.43.